The van der Waals surface area contributed by atoms with Gasteiger partial charge in [0.15, 0.2) is 0 Å². The van der Waals surface area contributed by atoms with Crippen molar-refractivity contribution in [2.75, 3.05) is 32.9 Å². The van der Waals surface area contributed by atoms with E-state index in [9.17, 15) is 4.79 Å². The number of rotatable bonds is 5. The molecule has 0 aromatic rings. The molecule has 0 aromatic carbocycles. The lowest BCUT2D eigenvalue weighted by molar-refractivity contribution is -0.123. The monoisotopic (exact) mass is 256 g/mol. The number of hydrogen-bond acceptors (Lipinski definition) is 4. The van der Waals surface area contributed by atoms with Crippen molar-refractivity contribution in [2.24, 2.45) is 5.92 Å². The lowest BCUT2D eigenvalue weighted by atomic mass is 9.94. The van der Waals surface area contributed by atoms with Crippen LogP contribution in [0.25, 0.3) is 0 Å². The summed E-state index contributed by atoms with van der Waals surface area (Å²) in [6.45, 7) is 5.85. The van der Waals surface area contributed by atoms with E-state index in [4.69, 9.17) is 9.47 Å². The highest BCUT2D eigenvalue weighted by Gasteiger charge is 2.30. The molecule has 18 heavy (non-hydrogen) atoms. The first kappa shape index (κ1) is 13.8. The topological polar surface area (TPSA) is 59.6 Å². The summed E-state index contributed by atoms with van der Waals surface area (Å²) in [4.78, 5) is 12.0. The van der Waals surface area contributed by atoms with Crippen molar-refractivity contribution in [2.45, 2.75) is 38.3 Å². The summed E-state index contributed by atoms with van der Waals surface area (Å²) in [5.41, 5.74) is 0. The van der Waals surface area contributed by atoms with Gasteiger partial charge in [-0.3, -0.25) is 4.79 Å². The molecule has 1 amide bonds. The average molecular weight is 256 g/mol. The highest BCUT2D eigenvalue weighted by molar-refractivity contribution is 5.76. The van der Waals surface area contributed by atoms with Crippen molar-refractivity contribution in [1.82, 2.24) is 10.6 Å². The summed E-state index contributed by atoms with van der Waals surface area (Å²) in [5.74, 6) is 0.668. The van der Waals surface area contributed by atoms with E-state index in [1.165, 1.54) is 0 Å². The van der Waals surface area contributed by atoms with Gasteiger partial charge in [-0.1, -0.05) is 0 Å². The molecule has 0 aliphatic carbocycles. The molecule has 0 unspecified atom stereocenters. The van der Waals surface area contributed by atoms with Crippen LogP contribution in [0.15, 0.2) is 0 Å². The van der Waals surface area contributed by atoms with E-state index in [1.807, 2.05) is 6.92 Å². The van der Waals surface area contributed by atoms with Gasteiger partial charge in [-0.05, 0) is 38.8 Å². The smallest absolute Gasteiger partial charge is 0.220 e. The zero-order chi connectivity index (χ0) is 12.8. The fraction of sp³-hybridized carbons (Fsp3) is 0.923. The minimum atomic E-state index is 0.0203. The van der Waals surface area contributed by atoms with E-state index in [-0.39, 0.29) is 18.1 Å². The van der Waals surface area contributed by atoms with Crippen LogP contribution >= 0.6 is 0 Å². The quantitative estimate of drug-likeness (QED) is 0.742. The maximum Gasteiger partial charge on any atom is 0.220 e. The number of carbonyl (C=O) groups is 1. The Kier molecular flexibility index (Phi) is 5.41. The zero-order valence-corrected chi connectivity index (χ0v) is 11.1. The minimum Gasteiger partial charge on any atom is -0.376 e. The molecule has 2 heterocycles. The van der Waals surface area contributed by atoms with Crippen LogP contribution in [0.2, 0.25) is 0 Å². The van der Waals surface area contributed by atoms with Crippen LogP contribution in [0.3, 0.4) is 0 Å². The van der Waals surface area contributed by atoms with Crippen molar-refractivity contribution < 1.29 is 14.3 Å². The van der Waals surface area contributed by atoms with Crippen molar-refractivity contribution in [3.63, 3.8) is 0 Å². The zero-order valence-electron chi connectivity index (χ0n) is 11.1. The molecule has 0 spiro atoms. The molecular weight excluding hydrogens is 232 g/mol. The Hall–Kier alpha value is -0.650. The van der Waals surface area contributed by atoms with Gasteiger partial charge >= 0.3 is 0 Å². The maximum atomic E-state index is 12.0. The lowest BCUT2D eigenvalue weighted by Crippen LogP contribution is -2.44. The molecule has 2 atom stereocenters. The Bertz CT molecular complexity index is 267. The summed E-state index contributed by atoms with van der Waals surface area (Å²) in [6.07, 6.45) is 2.86. The number of amides is 1. The largest absolute Gasteiger partial charge is 0.376 e. The van der Waals surface area contributed by atoms with Crippen LogP contribution in [-0.2, 0) is 14.3 Å². The van der Waals surface area contributed by atoms with E-state index in [2.05, 4.69) is 10.6 Å². The molecule has 0 aromatic heterocycles. The Balaban J connectivity index is 1.72. The third-order valence-electron chi connectivity index (χ3n) is 3.69. The third kappa shape index (κ3) is 3.93. The van der Waals surface area contributed by atoms with E-state index < -0.39 is 0 Å². The molecule has 2 N–H and O–H groups in total. The first-order chi connectivity index (χ1) is 8.79. The first-order valence-corrected chi connectivity index (χ1v) is 6.99. The highest BCUT2D eigenvalue weighted by Crippen LogP contribution is 2.16. The minimum absolute atomic E-state index is 0.0203. The summed E-state index contributed by atoms with van der Waals surface area (Å²) in [6, 6.07) is 0.0270. The van der Waals surface area contributed by atoms with E-state index in [1.54, 1.807) is 0 Å². The fourth-order valence-electron chi connectivity index (χ4n) is 2.66. The van der Waals surface area contributed by atoms with Gasteiger partial charge in [0.25, 0.3) is 0 Å². The van der Waals surface area contributed by atoms with Crippen molar-refractivity contribution >= 4 is 5.91 Å². The molecule has 0 saturated carbocycles. The molecule has 0 bridgehead atoms. The number of carbonyl (C=O) groups excluding carboxylic acids is 1. The van der Waals surface area contributed by atoms with Crippen LogP contribution in [0.4, 0.5) is 0 Å². The molecule has 104 valence electrons. The van der Waals surface area contributed by atoms with Crippen LogP contribution in [0.5, 0.6) is 0 Å². The van der Waals surface area contributed by atoms with Crippen molar-refractivity contribution in [3.8, 4) is 0 Å². The second-order valence-electron chi connectivity index (χ2n) is 5.10. The van der Waals surface area contributed by atoms with E-state index in [0.717, 1.165) is 25.9 Å². The SMILES string of the molecule is CCO[C@H]1COC[C@@H]1NC(=O)CC1CCNCC1. The molecular formula is C13H24N2O3. The van der Waals surface area contributed by atoms with Gasteiger partial charge in [0.1, 0.15) is 6.10 Å². The standard InChI is InChI=1S/C13H24N2O3/c1-2-18-12-9-17-8-11(12)15-13(16)7-10-3-5-14-6-4-10/h10-12,14H,2-9H2,1H3,(H,15,16)/t11-,12-/m0/s1. The Morgan fingerprint density at radius 1 is 1.39 bits per heavy atom. The third-order valence-corrected chi connectivity index (χ3v) is 3.69. The van der Waals surface area contributed by atoms with Crippen molar-refractivity contribution in [1.29, 1.82) is 0 Å². The first-order valence-electron chi connectivity index (χ1n) is 6.99. The molecule has 2 aliphatic rings. The summed E-state index contributed by atoms with van der Waals surface area (Å²) >= 11 is 0. The molecule has 0 radical (unpaired) electrons. The Morgan fingerprint density at radius 2 is 2.17 bits per heavy atom. The second kappa shape index (κ2) is 7.07. The molecule has 2 rings (SSSR count). The maximum absolute atomic E-state index is 12.0. The van der Waals surface area contributed by atoms with Crippen LogP contribution < -0.4 is 10.6 Å². The van der Waals surface area contributed by atoms with Crippen LogP contribution in [0.1, 0.15) is 26.2 Å². The average Bonchev–Trinajstić information content (AvgIpc) is 2.78. The lowest BCUT2D eigenvalue weighted by Gasteiger charge is -2.24. The number of ether oxygens (including phenoxy) is 2. The Morgan fingerprint density at radius 3 is 2.89 bits per heavy atom. The van der Waals surface area contributed by atoms with Gasteiger partial charge in [0.2, 0.25) is 5.91 Å². The predicted octanol–water partition coefficient (Wildman–Crippen LogP) is 0.296. The predicted molar refractivity (Wildman–Crippen MR) is 68.4 cm³/mol. The van der Waals surface area contributed by atoms with Crippen molar-refractivity contribution in [3.05, 3.63) is 0 Å². The van der Waals surface area contributed by atoms with Gasteiger partial charge in [-0.25, -0.2) is 0 Å². The van der Waals surface area contributed by atoms with Crippen LogP contribution in [0, 0.1) is 5.92 Å². The normalized spacial score (nSPS) is 29.4. The molecule has 2 fully saturated rings. The summed E-state index contributed by atoms with van der Waals surface area (Å²) in [5, 5.41) is 6.36. The van der Waals surface area contributed by atoms with Crippen LogP contribution in [-0.4, -0.2) is 51.0 Å². The number of hydrogen-bond donors (Lipinski definition) is 2. The van der Waals surface area contributed by atoms with E-state index >= 15 is 0 Å². The summed E-state index contributed by atoms with van der Waals surface area (Å²) in [7, 11) is 0. The van der Waals surface area contributed by atoms with Gasteiger partial charge in [0.05, 0.1) is 19.3 Å². The molecule has 5 heteroatoms. The van der Waals surface area contributed by atoms with Gasteiger partial charge in [0, 0.05) is 13.0 Å². The van der Waals surface area contributed by atoms with E-state index in [0.29, 0.717) is 32.2 Å². The fourth-order valence-corrected chi connectivity index (χ4v) is 2.66. The molecule has 2 saturated heterocycles. The molecule has 2 aliphatic heterocycles. The van der Waals surface area contributed by atoms with Gasteiger partial charge in [-0.15, -0.1) is 0 Å². The summed E-state index contributed by atoms with van der Waals surface area (Å²) < 4.78 is 10.9. The van der Waals surface area contributed by atoms with Gasteiger partial charge in [-0.2, -0.15) is 0 Å². The number of piperidine rings is 1. The Labute approximate surface area is 109 Å². The second-order valence-corrected chi connectivity index (χ2v) is 5.10. The highest BCUT2D eigenvalue weighted by atomic mass is 16.5. The number of nitrogens with one attached hydrogen (secondary N) is 2. The van der Waals surface area contributed by atoms with Gasteiger partial charge < -0.3 is 20.1 Å². The molecule has 5 nitrogen and oxygen atoms in total.